The van der Waals surface area contributed by atoms with Gasteiger partial charge in [-0.15, -0.1) is 11.3 Å². The Labute approximate surface area is 125 Å². The molecule has 1 aliphatic rings. The molecule has 1 saturated carbocycles. The molecule has 3 N–H and O–H groups in total. The zero-order valence-electron chi connectivity index (χ0n) is 12.7. The van der Waals surface area contributed by atoms with E-state index in [0.717, 1.165) is 25.7 Å². The highest BCUT2D eigenvalue weighted by molar-refractivity contribution is 7.11. The van der Waals surface area contributed by atoms with Crippen LogP contribution in [0.25, 0.3) is 0 Å². The minimum Gasteiger partial charge on any atom is -0.352 e. The van der Waals surface area contributed by atoms with Crippen LogP contribution < -0.4 is 11.1 Å². The summed E-state index contributed by atoms with van der Waals surface area (Å²) in [5, 5.41) is 3.11. The molecule has 4 heteroatoms. The number of carbonyl (C=O) groups is 1. The largest absolute Gasteiger partial charge is 0.352 e. The molecule has 1 aliphatic carbocycles. The molecular weight excluding hydrogens is 268 g/mol. The number of nitrogens with two attached hydrogens (primary N) is 1. The van der Waals surface area contributed by atoms with Gasteiger partial charge in [0.15, 0.2) is 0 Å². The van der Waals surface area contributed by atoms with Crippen molar-refractivity contribution in [3.63, 3.8) is 0 Å². The van der Waals surface area contributed by atoms with E-state index in [9.17, 15) is 4.79 Å². The molecule has 112 valence electrons. The molecule has 1 heterocycles. The lowest BCUT2D eigenvalue weighted by Crippen LogP contribution is -2.57. The fourth-order valence-corrected chi connectivity index (χ4v) is 4.13. The second-order valence-electron chi connectivity index (χ2n) is 6.45. The third-order valence-corrected chi connectivity index (χ3v) is 5.19. The molecule has 1 aromatic heterocycles. The summed E-state index contributed by atoms with van der Waals surface area (Å²) in [6.45, 7) is 6.35. The van der Waals surface area contributed by atoms with E-state index < -0.39 is 5.54 Å². The quantitative estimate of drug-likeness (QED) is 0.897. The van der Waals surface area contributed by atoms with Crippen LogP contribution in [0, 0.1) is 12.8 Å². The Morgan fingerprint density at radius 3 is 2.95 bits per heavy atom. The summed E-state index contributed by atoms with van der Waals surface area (Å²) >= 11 is 1.80. The van der Waals surface area contributed by atoms with Gasteiger partial charge in [0.05, 0.1) is 5.54 Å². The summed E-state index contributed by atoms with van der Waals surface area (Å²) in [7, 11) is 0. The molecule has 20 heavy (non-hydrogen) atoms. The number of thiophene rings is 1. The van der Waals surface area contributed by atoms with Gasteiger partial charge in [0.1, 0.15) is 0 Å². The van der Waals surface area contributed by atoms with Crippen molar-refractivity contribution in [1.82, 2.24) is 5.32 Å². The number of nitrogens with one attached hydrogen (secondary N) is 1. The first-order chi connectivity index (χ1) is 9.39. The zero-order valence-corrected chi connectivity index (χ0v) is 13.6. The van der Waals surface area contributed by atoms with Crippen LogP contribution in [0.4, 0.5) is 0 Å². The Kier molecular flexibility index (Phi) is 4.86. The highest BCUT2D eigenvalue weighted by Gasteiger charge is 2.38. The van der Waals surface area contributed by atoms with Gasteiger partial charge in [-0.3, -0.25) is 4.79 Å². The molecule has 0 radical (unpaired) electrons. The molecule has 0 spiro atoms. The smallest absolute Gasteiger partial charge is 0.240 e. The number of aryl methyl sites for hydroxylation is 1. The first-order valence-corrected chi connectivity index (χ1v) is 8.36. The Morgan fingerprint density at radius 2 is 2.35 bits per heavy atom. The summed E-state index contributed by atoms with van der Waals surface area (Å²) in [4.78, 5) is 15.1. The number of hydrogen-bond donors (Lipinski definition) is 2. The summed E-state index contributed by atoms with van der Waals surface area (Å²) in [6, 6.07) is 4.41. The van der Waals surface area contributed by atoms with Gasteiger partial charge < -0.3 is 11.1 Å². The average Bonchev–Trinajstić information content (AvgIpc) is 2.74. The van der Waals surface area contributed by atoms with Crippen molar-refractivity contribution in [3.05, 3.63) is 21.9 Å². The van der Waals surface area contributed by atoms with Crippen molar-refractivity contribution in [2.75, 3.05) is 0 Å². The summed E-state index contributed by atoms with van der Waals surface area (Å²) < 4.78 is 0. The van der Waals surface area contributed by atoms with Crippen LogP contribution in [0.3, 0.4) is 0 Å². The Bertz CT molecular complexity index is 471. The number of rotatable bonds is 4. The number of amides is 1. The molecule has 3 unspecified atom stereocenters. The Balaban J connectivity index is 1.90. The lowest BCUT2D eigenvalue weighted by Gasteiger charge is -2.36. The van der Waals surface area contributed by atoms with Gasteiger partial charge in [-0.25, -0.2) is 0 Å². The first kappa shape index (κ1) is 15.5. The molecular formula is C16H26N2OS. The van der Waals surface area contributed by atoms with Gasteiger partial charge in [0.25, 0.3) is 0 Å². The molecule has 0 aromatic carbocycles. The summed E-state index contributed by atoms with van der Waals surface area (Å²) in [6.07, 6.45) is 4.76. The molecule has 2 rings (SSSR count). The van der Waals surface area contributed by atoms with Crippen LogP contribution in [0.1, 0.15) is 49.3 Å². The predicted octanol–water partition coefficient (Wildman–Crippen LogP) is 3.01. The maximum absolute atomic E-state index is 12.4. The van der Waals surface area contributed by atoms with E-state index >= 15 is 0 Å². The minimum absolute atomic E-state index is 0.0322. The van der Waals surface area contributed by atoms with Gasteiger partial charge in [-0.1, -0.05) is 19.8 Å². The molecule has 0 saturated heterocycles. The lowest BCUT2D eigenvalue weighted by atomic mass is 9.76. The average molecular weight is 294 g/mol. The fourth-order valence-electron chi connectivity index (χ4n) is 3.11. The molecule has 3 atom stereocenters. The topological polar surface area (TPSA) is 55.1 Å². The van der Waals surface area contributed by atoms with E-state index in [-0.39, 0.29) is 11.9 Å². The molecule has 0 bridgehead atoms. The van der Waals surface area contributed by atoms with Crippen LogP contribution in [0.5, 0.6) is 0 Å². The maximum Gasteiger partial charge on any atom is 0.240 e. The van der Waals surface area contributed by atoms with Gasteiger partial charge in [-0.05, 0) is 44.7 Å². The van der Waals surface area contributed by atoms with E-state index in [4.69, 9.17) is 5.73 Å². The van der Waals surface area contributed by atoms with Gasteiger partial charge in [0.2, 0.25) is 5.91 Å². The highest BCUT2D eigenvalue weighted by atomic mass is 32.1. The molecule has 1 aromatic rings. The van der Waals surface area contributed by atoms with Crippen molar-refractivity contribution in [1.29, 1.82) is 0 Å². The van der Waals surface area contributed by atoms with Crippen LogP contribution in [-0.2, 0) is 11.2 Å². The van der Waals surface area contributed by atoms with Crippen molar-refractivity contribution >= 4 is 17.2 Å². The third-order valence-electron chi connectivity index (χ3n) is 4.17. The molecule has 1 fully saturated rings. The van der Waals surface area contributed by atoms with Gasteiger partial charge in [0, 0.05) is 22.2 Å². The van der Waals surface area contributed by atoms with E-state index in [2.05, 4.69) is 38.2 Å². The maximum atomic E-state index is 12.4. The predicted molar refractivity (Wildman–Crippen MR) is 84.9 cm³/mol. The Hall–Kier alpha value is -0.870. The first-order valence-electron chi connectivity index (χ1n) is 7.54. The van der Waals surface area contributed by atoms with Crippen molar-refractivity contribution < 1.29 is 4.79 Å². The van der Waals surface area contributed by atoms with E-state index in [1.165, 1.54) is 16.2 Å². The second-order valence-corrected chi connectivity index (χ2v) is 7.82. The van der Waals surface area contributed by atoms with Crippen LogP contribution >= 0.6 is 11.3 Å². The van der Waals surface area contributed by atoms with Crippen LogP contribution in [0.2, 0.25) is 0 Å². The molecule has 0 aliphatic heterocycles. The zero-order chi connectivity index (χ0) is 14.8. The van der Waals surface area contributed by atoms with Crippen LogP contribution in [-0.4, -0.2) is 17.5 Å². The standard InChI is InChI=1S/C16H26N2OS/c1-11-5-4-8-16(17,10-11)15(19)18-12(2)9-14-7-6-13(3)20-14/h6-7,11-12H,4-5,8-10,17H2,1-3H3,(H,18,19). The monoisotopic (exact) mass is 294 g/mol. The van der Waals surface area contributed by atoms with E-state index in [0.29, 0.717) is 5.92 Å². The molecule has 1 amide bonds. The van der Waals surface area contributed by atoms with Gasteiger partial charge >= 0.3 is 0 Å². The molecule has 3 nitrogen and oxygen atoms in total. The second kappa shape index (κ2) is 6.27. The van der Waals surface area contributed by atoms with Gasteiger partial charge in [-0.2, -0.15) is 0 Å². The van der Waals surface area contributed by atoms with Crippen molar-refractivity contribution in [2.45, 2.75) is 64.5 Å². The van der Waals surface area contributed by atoms with Crippen molar-refractivity contribution in [2.24, 2.45) is 11.7 Å². The normalized spacial score (nSPS) is 28.1. The number of carbonyl (C=O) groups excluding carboxylic acids is 1. The van der Waals surface area contributed by atoms with E-state index in [1.54, 1.807) is 11.3 Å². The number of hydrogen-bond acceptors (Lipinski definition) is 3. The minimum atomic E-state index is -0.655. The summed E-state index contributed by atoms with van der Waals surface area (Å²) in [5.74, 6) is 0.583. The van der Waals surface area contributed by atoms with Crippen LogP contribution in [0.15, 0.2) is 12.1 Å². The third kappa shape index (κ3) is 3.83. The lowest BCUT2D eigenvalue weighted by molar-refractivity contribution is -0.128. The fraction of sp³-hybridized carbons (Fsp3) is 0.688. The highest BCUT2D eigenvalue weighted by Crippen LogP contribution is 2.30. The Morgan fingerprint density at radius 1 is 1.60 bits per heavy atom. The summed E-state index contributed by atoms with van der Waals surface area (Å²) in [5.41, 5.74) is 5.67. The van der Waals surface area contributed by atoms with E-state index in [1.807, 2.05) is 0 Å². The SMILES string of the molecule is Cc1ccc(CC(C)NC(=O)C2(N)CCCC(C)C2)s1. The van der Waals surface area contributed by atoms with Crippen molar-refractivity contribution in [3.8, 4) is 0 Å².